The van der Waals surface area contributed by atoms with Crippen LogP contribution in [0, 0.1) is 19.8 Å². The van der Waals surface area contributed by atoms with Crippen molar-refractivity contribution in [2.24, 2.45) is 5.92 Å². The van der Waals surface area contributed by atoms with Crippen molar-refractivity contribution in [3.05, 3.63) is 58.7 Å². The van der Waals surface area contributed by atoms with E-state index < -0.39 is 0 Å². The Labute approximate surface area is 184 Å². The molecule has 1 heterocycles. The summed E-state index contributed by atoms with van der Waals surface area (Å²) in [5, 5.41) is 3.10. The van der Waals surface area contributed by atoms with E-state index in [4.69, 9.17) is 9.47 Å². The van der Waals surface area contributed by atoms with E-state index in [1.54, 1.807) is 19.1 Å². The number of hydrogen-bond acceptors (Lipinski definition) is 4. The molecular weight excluding hydrogens is 392 g/mol. The number of rotatable bonds is 6. The molecule has 1 aliphatic heterocycles. The minimum absolute atomic E-state index is 0.00758. The van der Waals surface area contributed by atoms with Gasteiger partial charge in [0.15, 0.2) is 0 Å². The highest BCUT2D eigenvalue weighted by molar-refractivity contribution is 5.95. The van der Waals surface area contributed by atoms with Gasteiger partial charge in [-0.25, -0.2) is 0 Å². The molecule has 0 aliphatic carbocycles. The molecule has 6 nitrogen and oxygen atoms in total. The number of benzene rings is 2. The molecule has 0 bridgehead atoms. The van der Waals surface area contributed by atoms with Crippen LogP contribution < -0.4 is 14.8 Å². The van der Waals surface area contributed by atoms with E-state index in [1.807, 2.05) is 51.1 Å². The summed E-state index contributed by atoms with van der Waals surface area (Å²) in [4.78, 5) is 27.9. The lowest BCUT2D eigenvalue weighted by Crippen LogP contribution is -2.45. The highest BCUT2D eigenvalue weighted by atomic mass is 16.5. The summed E-state index contributed by atoms with van der Waals surface area (Å²) < 4.78 is 10.8. The van der Waals surface area contributed by atoms with Gasteiger partial charge >= 0.3 is 0 Å². The lowest BCUT2D eigenvalue weighted by Gasteiger charge is -2.33. The van der Waals surface area contributed by atoms with Crippen molar-refractivity contribution in [3.8, 4) is 11.5 Å². The van der Waals surface area contributed by atoms with Crippen molar-refractivity contribution in [2.75, 3.05) is 27.3 Å². The third kappa shape index (κ3) is 5.37. The number of nitrogens with zero attached hydrogens (tertiary/aromatic N) is 1. The predicted octanol–water partition coefficient (Wildman–Crippen LogP) is 4.05. The summed E-state index contributed by atoms with van der Waals surface area (Å²) in [5.74, 6) is 1.12. The highest BCUT2D eigenvalue weighted by Crippen LogP contribution is 2.30. The quantitative estimate of drug-likeness (QED) is 0.760. The van der Waals surface area contributed by atoms with Crippen molar-refractivity contribution in [1.82, 2.24) is 10.2 Å². The molecule has 2 amide bonds. The average molecular weight is 425 g/mol. The van der Waals surface area contributed by atoms with Crippen LogP contribution in [0.25, 0.3) is 0 Å². The summed E-state index contributed by atoms with van der Waals surface area (Å²) in [6, 6.07) is 11.2. The molecule has 2 aromatic rings. The maximum atomic E-state index is 13.0. The lowest BCUT2D eigenvalue weighted by atomic mass is 9.95. The Morgan fingerprint density at radius 3 is 2.42 bits per heavy atom. The molecule has 0 saturated carbocycles. The standard InChI is InChI=1S/C25H32N2O4/c1-16-11-17(2)13-20(12-16)25(29)27-10-6-7-19(15-27)24(28)26-18(3)22-14-21(30-4)8-9-23(22)31-5/h8-9,11-14,18-19H,6-7,10,15H2,1-5H3,(H,26,28)/t18-,19+/m1/s1. The molecule has 0 unspecified atom stereocenters. The van der Waals surface area contributed by atoms with E-state index >= 15 is 0 Å². The summed E-state index contributed by atoms with van der Waals surface area (Å²) in [6.07, 6.45) is 1.58. The number of ether oxygens (including phenoxy) is 2. The third-order valence-electron chi connectivity index (χ3n) is 5.81. The Hall–Kier alpha value is -3.02. The smallest absolute Gasteiger partial charge is 0.253 e. The van der Waals surface area contributed by atoms with Gasteiger partial charge in [0.2, 0.25) is 5.91 Å². The van der Waals surface area contributed by atoms with E-state index in [0.29, 0.717) is 30.2 Å². The fourth-order valence-electron chi connectivity index (χ4n) is 4.24. The zero-order valence-electron chi connectivity index (χ0n) is 19.0. The largest absolute Gasteiger partial charge is 0.497 e. The van der Waals surface area contributed by atoms with Crippen molar-refractivity contribution in [2.45, 2.75) is 39.7 Å². The number of carbonyl (C=O) groups excluding carboxylic acids is 2. The van der Waals surface area contributed by atoms with Gasteiger partial charge in [-0.2, -0.15) is 0 Å². The molecule has 31 heavy (non-hydrogen) atoms. The Balaban J connectivity index is 1.69. The lowest BCUT2D eigenvalue weighted by molar-refractivity contribution is -0.127. The maximum Gasteiger partial charge on any atom is 0.253 e. The SMILES string of the molecule is COc1ccc(OC)c([C@@H](C)NC(=O)[C@H]2CCCN(C(=O)c3cc(C)cc(C)c3)C2)c1. The Morgan fingerprint density at radius 1 is 1.06 bits per heavy atom. The van der Waals surface area contributed by atoms with Gasteiger partial charge in [-0.05, 0) is 63.9 Å². The molecule has 1 aliphatic rings. The van der Waals surface area contributed by atoms with Crippen molar-refractivity contribution in [1.29, 1.82) is 0 Å². The molecule has 6 heteroatoms. The first kappa shape index (κ1) is 22.7. The molecular formula is C25H32N2O4. The maximum absolute atomic E-state index is 13.0. The fourth-order valence-corrected chi connectivity index (χ4v) is 4.24. The minimum Gasteiger partial charge on any atom is -0.497 e. The normalized spacial score (nSPS) is 17.1. The molecule has 166 valence electrons. The highest BCUT2D eigenvalue weighted by Gasteiger charge is 2.30. The van der Waals surface area contributed by atoms with Crippen LogP contribution in [0.5, 0.6) is 11.5 Å². The Kier molecular flexibility index (Phi) is 7.21. The average Bonchev–Trinajstić information content (AvgIpc) is 2.77. The Bertz CT molecular complexity index is 936. The Morgan fingerprint density at radius 2 is 1.77 bits per heavy atom. The van der Waals surface area contributed by atoms with Crippen LogP contribution in [0.1, 0.15) is 52.9 Å². The monoisotopic (exact) mass is 424 g/mol. The first-order valence-corrected chi connectivity index (χ1v) is 10.7. The molecule has 0 aromatic heterocycles. The van der Waals surface area contributed by atoms with Crippen molar-refractivity contribution >= 4 is 11.8 Å². The molecule has 1 N–H and O–H groups in total. The fraction of sp³-hybridized carbons (Fsp3) is 0.440. The van der Waals surface area contributed by atoms with Gasteiger partial charge < -0.3 is 19.7 Å². The second-order valence-corrected chi connectivity index (χ2v) is 8.30. The summed E-state index contributed by atoms with van der Waals surface area (Å²) in [6.45, 7) is 7.01. The van der Waals surface area contributed by atoms with Crippen LogP contribution >= 0.6 is 0 Å². The second-order valence-electron chi connectivity index (χ2n) is 8.30. The van der Waals surface area contributed by atoms with Crippen LogP contribution in [0.15, 0.2) is 36.4 Å². The van der Waals surface area contributed by atoms with E-state index in [2.05, 4.69) is 11.4 Å². The van der Waals surface area contributed by atoms with Crippen LogP contribution in [0.2, 0.25) is 0 Å². The van der Waals surface area contributed by atoms with Crippen LogP contribution in [-0.4, -0.2) is 44.0 Å². The number of piperidine rings is 1. The molecule has 3 rings (SSSR count). The van der Waals surface area contributed by atoms with Crippen LogP contribution in [-0.2, 0) is 4.79 Å². The van der Waals surface area contributed by atoms with Crippen molar-refractivity contribution in [3.63, 3.8) is 0 Å². The van der Waals surface area contributed by atoms with Gasteiger partial charge in [0.25, 0.3) is 5.91 Å². The van der Waals surface area contributed by atoms with Crippen LogP contribution in [0.3, 0.4) is 0 Å². The second kappa shape index (κ2) is 9.86. The number of likely N-dealkylation sites (tertiary alicyclic amines) is 1. The summed E-state index contributed by atoms with van der Waals surface area (Å²) >= 11 is 0. The van der Waals surface area contributed by atoms with E-state index in [-0.39, 0.29) is 23.8 Å². The van der Waals surface area contributed by atoms with Gasteiger partial charge in [0, 0.05) is 24.2 Å². The number of nitrogens with one attached hydrogen (secondary N) is 1. The van der Waals surface area contributed by atoms with E-state index in [1.165, 1.54) is 0 Å². The molecule has 0 radical (unpaired) electrons. The van der Waals surface area contributed by atoms with Gasteiger partial charge in [0.05, 0.1) is 26.2 Å². The molecule has 2 aromatic carbocycles. The number of aryl methyl sites for hydroxylation is 2. The predicted molar refractivity (Wildman–Crippen MR) is 121 cm³/mol. The van der Waals surface area contributed by atoms with Gasteiger partial charge in [-0.1, -0.05) is 17.2 Å². The number of amides is 2. The molecule has 1 saturated heterocycles. The van der Waals surface area contributed by atoms with Gasteiger partial charge in [-0.3, -0.25) is 9.59 Å². The first-order valence-electron chi connectivity index (χ1n) is 10.7. The number of hydrogen-bond donors (Lipinski definition) is 1. The third-order valence-corrected chi connectivity index (χ3v) is 5.81. The topological polar surface area (TPSA) is 67.9 Å². The van der Waals surface area contributed by atoms with Gasteiger partial charge in [-0.15, -0.1) is 0 Å². The molecule has 0 spiro atoms. The number of methoxy groups -OCH3 is 2. The summed E-state index contributed by atoms with van der Waals surface area (Å²) in [7, 11) is 3.22. The first-order chi connectivity index (χ1) is 14.8. The molecule has 1 fully saturated rings. The zero-order chi connectivity index (χ0) is 22.5. The van der Waals surface area contributed by atoms with Gasteiger partial charge in [0.1, 0.15) is 11.5 Å². The minimum atomic E-state index is -0.247. The molecule has 2 atom stereocenters. The van der Waals surface area contributed by atoms with Crippen molar-refractivity contribution < 1.29 is 19.1 Å². The summed E-state index contributed by atoms with van der Waals surface area (Å²) in [5.41, 5.74) is 3.67. The number of carbonyl (C=O) groups is 2. The van der Waals surface area contributed by atoms with E-state index in [0.717, 1.165) is 29.5 Å². The van der Waals surface area contributed by atoms with Crippen LogP contribution in [0.4, 0.5) is 0 Å². The van der Waals surface area contributed by atoms with E-state index in [9.17, 15) is 9.59 Å². The zero-order valence-corrected chi connectivity index (χ0v) is 19.0.